The molecule has 2 heterocycles. The zero-order valence-corrected chi connectivity index (χ0v) is 9.27. The summed E-state index contributed by atoms with van der Waals surface area (Å²) in [6, 6.07) is 6.51. The van der Waals surface area contributed by atoms with Crippen molar-refractivity contribution in [2.45, 2.75) is 12.8 Å². The number of rotatable bonds is 1. The lowest BCUT2D eigenvalue weighted by atomic mass is 10.00. The summed E-state index contributed by atoms with van der Waals surface area (Å²) in [6.45, 7) is 1.08. The smallest absolute Gasteiger partial charge is 0.0882 e. The highest BCUT2D eigenvalue weighted by Gasteiger charge is 2.11. The number of nitrogens with zero attached hydrogens (tertiary/aromatic N) is 3. The first kappa shape index (κ1) is 9.39. The number of anilines is 1. The molecule has 1 aromatic carbocycles. The standard InChI is InChI=1S/C12H14N4/c1-16-12(8-14-15-16)10-4-5-11-9(7-10)3-2-6-13-11/h4-5,7-8,13H,2-3,6H2,1H3. The molecule has 0 amide bonds. The minimum absolute atomic E-state index is 1.06. The van der Waals surface area contributed by atoms with Gasteiger partial charge in [-0.25, -0.2) is 4.68 Å². The molecule has 0 atom stereocenters. The van der Waals surface area contributed by atoms with Crippen molar-refractivity contribution >= 4 is 5.69 Å². The monoisotopic (exact) mass is 214 g/mol. The van der Waals surface area contributed by atoms with Crippen LogP contribution in [0.3, 0.4) is 0 Å². The average Bonchev–Trinajstić information content (AvgIpc) is 2.75. The first-order chi connectivity index (χ1) is 7.84. The zero-order chi connectivity index (χ0) is 11.0. The van der Waals surface area contributed by atoms with Crippen LogP contribution in [0.15, 0.2) is 24.4 Å². The Labute approximate surface area is 94.3 Å². The van der Waals surface area contributed by atoms with E-state index in [0.29, 0.717) is 0 Å². The van der Waals surface area contributed by atoms with E-state index < -0.39 is 0 Å². The summed E-state index contributed by atoms with van der Waals surface area (Å²) in [5, 5.41) is 11.3. The van der Waals surface area contributed by atoms with Gasteiger partial charge in [0, 0.05) is 24.8 Å². The van der Waals surface area contributed by atoms with E-state index in [2.05, 4.69) is 33.8 Å². The van der Waals surface area contributed by atoms with Crippen molar-refractivity contribution in [1.29, 1.82) is 0 Å². The van der Waals surface area contributed by atoms with Crippen LogP contribution in [-0.2, 0) is 13.5 Å². The number of hydrogen-bond acceptors (Lipinski definition) is 3. The van der Waals surface area contributed by atoms with Crippen LogP contribution in [0.1, 0.15) is 12.0 Å². The molecule has 1 N–H and O–H groups in total. The third-order valence-electron chi connectivity index (χ3n) is 3.05. The van der Waals surface area contributed by atoms with Gasteiger partial charge >= 0.3 is 0 Å². The number of nitrogens with one attached hydrogen (secondary N) is 1. The summed E-state index contributed by atoms with van der Waals surface area (Å²) in [4.78, 5) is 0. The van der Waals surface area contributed by atoms with E-state index in [0.717, 1.165) is 18.7 Å². The van der Waals surface area contributed by atoms with E-state index >= 15 is 0 Å². The summed E-state index contributed by atoms with van der Waals surface area (Å²) < 4.78 is 1.80. The Morgan fingerprint density at radius 2 is 2.31 bits per heavy atom. The molecule has 0 fully saturated rings. The highest BCUT2D eigenvalue weighted by atomic mass is 15.4. The predicted molar refractivity (Wildman–Crippen MR) is 63.2 cm³/mol. The maximum atomic E-state index is 3.96. The van der Waals surface area contributed by atoms with Gasteiger partial charge in [-0.1, -0.05) is 11.3 Å². The largest absolute Gasteiger partial charge is 0.385 e. The third-order valence-corrected chi connectivity index (χ3v) is 3.05. The Hall–Kier alpha value is -1.84. The zero-order valence-electron chi connectivity index (χ0n) is 9.27. The van der Waals surface area contributed by atoms with Gasteiger partial charge in [0.1, 0.15) is 0 Å². The molecule has 0 unspecified atom stereocenters. The second kappa shape index (κ2) is 3.63. The summed E-state index contributed by atoms with van der Waals surface area (Å²) in [5.41, 5.74) is 4.92. The summed E-state index contributed by atoms with van der Waals surface area (Å²) in [5.74, 6) is 0. The van der Waals surface area contributed by atoms with Gasteiger partial charge in [-0.05, 0) is 30.5 Å². The highest BCUT2D eigenvalue weighted by molar-refractivity contribution is 5.66. The van der Waals surface area contributed by atoms with Crippen LogP contribution in [0.4, 0.5) is 5.69 Å². The van der Waals surface area contributed by atoms with E-state index in [9.17, 15) is 0 Å². The van der Waals surface area contributed by atoms with E-state index in [1.165, 1.54) is 23.2 Å². The quantitative estimate of drug-likeness (QED) is 0.787. The lowest BCUT2D eigenvalue weighted by Gasteiger charge is -2.18. The summed E-state index contributed by atoms with van der Waals surface area (Å²) >= 11 is 0. The van der Waals surface area contributed by atoms with E-state index in [-0.39, 0.29) is 0 Å². The topological polar surface area (TPSA) is 42.7 Å². The van der Waals surface area contributed by atoms with Gasteiger partial charge in [0.15, 0.2) is 0 Å². The van der Waals surface area contributed by atoms with Crippen molar-refractivity contribution < 1.29 is 0 Å². The molecule has 3 rings (SSSR count). The van der Waals surface area contributed by atoms with Crippen LogP contribution >= 0.6 is 0 Å². The maximum Gasteiger partial charge on any atom is 0.0882 e. The fourth-order valence-corrected chi connectivity index (χ4v) is 2.19. The van der Waals surface area contributed by atoms with Gasteiger partial charge in [-0.15, -0.1) is 5.10 Å². The summed E-state index contributed by atoms with van der Waals surface area (Å²) in [7, 11) is 1.92. The minimum atomic E-state index is 1.06. The van der Waals surface area contributed by atoms with E-state index in [1.54, 1.807) is 10.9 Å². The Morgan fingerprint density at radius 3 is 3.12 bits per heavy atom. The van der Waals surface area contributed by atoms with Gasteiger partial charge in [-0.3, -0.25) is 0 Å². The molecule has 4 heteroatoms. The van der Waals surface area contributed by atoms with Crippen LogP contribution in [0.25, 0.3) is 11.3 Å². The Balaban J connectivity index is 2.06. The lowest BCUT2D eigenvalue weighted by molar-refractivity contribution is 0.720. The third kappa shape index (κ3) is 1.46. The average molecular weight is 214 g/mol. The molecule has 16 heavy (non-hydrogen) atoms. The summed E-state index contributed by atoms with van der Waals surface area (Å²) in [6.07, 6.45) is 4.17. The first-order valence-corrected chi connectivity index (χ1v) is 5.56. The first-order valence-electron chi connectivity index (χ1n) is 5.56. The molecular weight excluding hydrogens is 200 g/mol. The number of hydrogen-bond donors (Lipinski definition) is 1. The fraction of sp³-hybridized carbons (Fsp3) is 0.333. The number of benzene rings is 1. The van der Waals surface area contributed by atoms with Crippen molar-refractivity contribution in [3.63, 3.8) is 0 Å². The highest BCUT2D eigenvalue weighted by Crippen LogP contribution is 2.27. The number of aromatic nitrogens is 3. The van der Waals surface area contributed by atoms with Crippen LogP contribution in [0, 0.1) is 0 Å². The maximum absolute atomic E-state index is 3.96. The van der Waals surface area contributed by atoms with Crippen molar-refractivity contribution in [2.24, 2.45) is 7.05 Å². The van der Waals surface area contributed by atoms with Crippen molar-refractivity contribution in [2.75, 3.05) is 11.9 Å². The van der Waals surface area contributed by atoms with Crippen LogP contribution in [0.2, 0.25) is 0 Å². The molecule has 0 spiro atoms. The normalized spacial score (nSPS) is 14.3. The Kier molecular flexibility index (Phi) is 2.13. The molecular formula is C12H14N4. The SMILES string of the molecule is Cn1nncc1-c1ccc2c(c1)CCCN2. The van der Waals surface area contributed by atoms with Gasteiger partial charge in [-0.2, -0.15) is 0 Å². The molecule has 1 aliphatic rings. The predicted octanol–water partition coefficient (Wildman–Crippen LogP) is 1.84. The minimum Gasteiger partial charge on any atom is -0.385 e. The molecule has 4 nitrogen and oxygen atoms in total. The van der Waals surface area contributed by atoms with Gasteiger partial charge < -0.3 is 5.32 Å². The van der Waals surface area contributed by atoms with E-state index in [1.807, 2.05) is 7.05 Å². The molecule has 82 valence electrons. The van der Waals surface area contributed by atoms with Gasteiger partial charge in [0.25, 0.3) is 0 Å². The van der Waals surface area contributed by atoms with Crippen LogP contribution < -0.4 is 5.32 Å². The molecule has 0 saturated carbocycles. The molecule has 0 aliphatic carbocycles. The van der Waals surface area contributed by atoms with Crippen LogP contribution in [-0.4, -0.2) is 21.5 Å². The Bertz CT molecular complexity index is 515. The van der Waals surface area contributed by atoms with Crippen molar-refractivity contribution in [3.8, 4) is 11.3 Å². The lowest BCUT2D eigenvalue weighted by Crippen LogP contribution is -2.11. The fourth-order valence-electron chi connectivity index (χ4n) is 2.19. The second-order valence-electron chi connectivity index (χ2n) is 4.15. The van der Waals surface area contributed by atoms with Crippen molar-refractivity contribution in [1.82, 2.24) is 15.0 Å². The molecule has 0 saturated heterocycles. The number of aryl methyl sites for hydroxylation is 2. The molecule has 0 radical (unpaired) electrons. The van der Waals surface area contributed by atoms with Crippen molar-refractivity contribution in [3.05, 3.63) is 30.0 Å². The van der Waals surface area contributed by atoms with Gasteiger partial charge in [0.2, 0.25) is 0 Å². The molecule has 2 aromatic rings. The number of fused-ring (bicyclic) bond motifs is 1. The molecule has 1 aliphatic heterocycles. The molecule has 1 aromatic heterocycles. The Morgan fingerprint density at radius 1 is 1.38 bits per heavy atom. The van der Waals surface area contributed by atoms with Gasteiger partial charge in [0.05, 0.1) is 11.9 Å². The second-order valence-corrected chi connectivity index (χ2v) is 4.15. The molecule has 0 bridgehead atoms. The van der Waals surface area contributed by atoms with E-state index in [4.69, 9.17) is 0 Å². The van der Waals surface area contributed by atoms with Crippen LogP contribution in [0.5, 0.6) is 0 Å².